The summed E-state index contributed by atoms with van der Waals surface area (Å²) < 4.78 is 25.7. The van der Waals surface area contributed by atoms with Crippen LogP contribution in [-0.4, -0.2) is 41.3 Å². The van der Waals surface area contributed by atoms with E-state index < -0.39 is 9.84 Å². The molecule has 0 radical (unpaired) electrons. The Morgan fingerprint density at radius 3 is 2.73 bits per heavy atom. The predicted octanol–water partition coefficient (Wildman–Crippen LogP) is 1.95. The largest absolute Gasteiger partial charge is 0.334 e. The van der Waals surface area contributed by atoms with Crippen molar-refractivity contribution in [2.24, 2.45) is 0 Å². The third kappa shape index (κ3) is 4.24. The van der Waals surface area contributed by atoms with E-state index in [2.05, 4.69) is 15.7 Å². The molecule has 7 nitrogen and oxygen atoms in total. The van der Waals surface area contributed by atoms with Gasteiger partial charge in [-0.1, -0.05) is 18.2 Å². The summed E-state index contributed by atoms with van der Waals surface area (Å²) in [5.74, 6) is 0.00470. The van der Waals surface area contributed by atoms with Gasteiger partial charge < -0.3 is 10.6 Å². The van der Waals surface area contributed by atoms with E-state index in [0.717, 1.165) is 16.9 Å². The number of amides is 2. The number of urea groups is 1. The fourth-order valence-corrected chi connectivity index (χ4v) is 4.74. The number of hydrogen-bond acceptors (Lipinski definition) is 4. The molecule has 0 aliphatic carbocycles. The molecule has 1 aromatic heterocycles. The maximum absolute atomic E-state index is 12.2. The third-order valence-corrected chi connectivity index (χ3v) is 7.03. The molecular weight excluding hydrogens is 352 g/mol. The number of nitrogens with zero attached hydrogens (tertiary/aromatic N) is 2. The highest BCUT2D eigenvalue weighted by atomic mass is 32.2. The highest BCUT2D eigenvalue weighted by molar-refractivity contribution is 7.92. The summed E-state index contributed by atoms with van der Waals surface area (Å²) in [4.78, 5) is 12.2. The van der Waals surface area contributed by atoms with Crippen LogP contribution in [0.2, 0.25) is 0 Å². The van der Waals surface area contributed by atoms with Crippen molar-refractivity contribution in [3.8, 4) is 5.69 Å². The average molecular weight is 376 g/mol. The van der Waals surface area contributed by atoms with E-state index in [-0.39, 0.29) is 23.1 Å². The molecule has 0 saturated carbocycles. The number of benzene rings is 1. The quantitative estimate of drug-likeness (QED) is 0.853. The van der Waals surface area contributed by atoms with Crippen molar-refractivity contribution in [2.75, 3.05) is 5.75 Å². The molecule has 2 atom stereocenters. The van der Waals surface area contributed by atoms with Gasteiger partial charge in [-0.3, -0.25) is 0 Å². The first-order valence-corrected chi connectivity index (χ1v) is 10.4. The second-order valence-corrected chi connectivity index (χ2v) is 9.24. The van der Waals surface area contributed by atoms with Crippen molar-refractivity contribution < 1.29 is 13.2 Å². The van der Waals surface area contributed by atoms with E-state index in [1.54, 1.807) is 11.6 Å². The van der Waals surface area contributed by atoms with Crippen LogP contribution < -0.4 is 10.6 Å². The van der Waals surface area contributed by atoms with Gasteiger partial charge in [0.05, 0.1) is 22.4 Å². The lowest BCUT2D eigenvalue weighted by molar-refractivity contribution is 0.236. The summed E-state index contributed by atoms with van der Waals surface area (Å²) in [5, 5.41) is 9.67. The molecule has 1 aromatic carbocycles. The molecule has 8 heteroatoms. The van der Waals surface area contributed by atoms with E-state index in [1.807, 2.05) is 43.5 Å². The number of nitrogens with one attached hydrogen (secondary N) is 2. The van der Waals surface area contributed by atoms with Crippen molar-refractivity contribution in [3.63, 3.8) is 0 Å². The Morgan fingerprint density at radius 1 is 1.27 bits per heavy atom. The maximum atomic E-state index is 12.2. The molecule has 0 spiro atoms. The molecule has 0 bridgehead atoms. The van der Waals surface area contributed by atoms with E-state index in [0.29, 0.717) is 19.4 Å². The minimum absolute atomic E-state index is 0.00470. The van der Waals surface area contributed by atoms with Gasteiger partial charge in [0, 0.05) is 18.8 Å². The number of para-hydroxylation sites is 1. The van der Waals surface area contributed by atoms with E-state index in [4.69, 9.17) is 0 Å². The lowest BCUT2D eigenvalue weighted by Crippen LogP contribution is -2.48. The maximum Gasteiger partial charge on any atom is 0.315 e. The van der Waals surface area contributed by atoms with Gasteiger partial charge in [-0.25, -0.2) is 17.9 Å². The Balaban J connectivity index is 1.60. The summed E-state index contributed by atoms with van der Waals surface area (Å²) in [6.45, 7) is 3.97. The Morgan fingerprint density at radius 2 is 2.04 bits per heavy atom. The highest BCUT2D eigenvalue weighted by Gasteiger charge is 2.31. The number of hydrogen-bond donors (Lipinski definition) is 2. The number of sulfone groups is 1. The monoisotopic (exact) mass is 376 g/mol. The van der Waals surface area contributed by atoms with Crippen LogP contribution in [0.4, 0.5) is 4.79 Å². The Hall–Kier alpha value is -2.35. The SMILES string of the molecule is Cc1ccn(-c2ccccc2CNC(=O)NC2CCC(C)S(=O)(=O)C2)n1. The topological polar surface area (TPSA) is 93.1 Å². The first-order valence-electron chi connectivity index (χ1n) is 8.71. The number of carbonyl (C=O) groups is 1. The molecule has 2 unspecified atom stereocenters. The third-order valence-electron chi connectivity index (χ3n) is 4.70. The van der Waals surface area contributed by atoms with Gasteiger partial charge in [0.2, 0.25) is 0 Å². The molecule has 2 N–H and O–H groups in total. The molecule has 2 aromatic rings. The molecule has 140 valence electrons. The number of aromatic nitrogens is 2. The average Bonchev–Trinajstić information content (AvgIpc) is 3.03. The lowest BCUT2D eigenvalue weighted by Gasteiger charge is -2.27. The van der Waals surface area contributed by atoms with Crippen LogP contribution >= 0.6 is 0 Å². The van der Waals surface area contributed by atoms with Crippen LogP contribution in [0.3, 0.4) is 0 Å². The van der Waals surface area contributed by atoms with Crippen LogP contribution in [0.5, 0.6) is 0 Å². The van der Waals surface area contributed by atoms with Gasteiger partial charge in [0.25, 0.3) is 0 Å². The molecule has 1 saturated heterocycles. The van der Waals surface area contributed by atoms with Gasteiger partial charge in [-0.2, -0.15) is 5.10 Å². The van der Waals surface area contributed by atoms with Crippen LogP contribution in [0.25, 0.3) is 5.69 Å². The summed E-state index contributed by atoms with van der Waals surface area (Å²) in [7, 11) is -3.12. The van der Waals surface area contributed by atoms with Crippen LogP contribution in [-0.2, 0) is 16.4 Å². The molecule has 2 amide bonds. The van der Waals surface area contributed by atoms with Gasteiger partial charge in [-0.15, -0.1) is 0 Å². The highest BCUT2D eigenvalue weighted by Crippen LogP contribution is 2.19. The predicted molar refractivity (Wildman–Crippen MR) is 99.9 cm³/mol. The van der Waals surface area contributed by atoms with E-state index in [1.165, 1.54) is 0 Å². The van der Waals surface area contributed by atoms with E-state index in [9.17, 15) is 13.2 Å². The number of carbonyl (C=O) groups excluding carboxylic acids is 1. The van der Waals surface area contributed by atoms with Crippen molar-refractivity contribution in [2.45, 2.75) is 44.5 Å². The summed E-state index contributed by atoms with van der Waals surface area (Å²) in [5.41, 5.74) is 2.74. The first kappa shape index (κ1) is 18.4. The fourth-order valence-electron chi connectivity index (χ4n) is 3.10. The van der Waals surface area contributed by atoms with Crippen LogP contribution in [0.15, 0.2) is 36.5 Å². The molecule has 1 aliphatic heterocycles. The van der Waals surface area contributed by atoms with Gasteiger partial charge >= 0.3 is 6.03 Å². The smallest absolute Gasteiger partial charge is 0.315 e. The fraction of sp³-hybridized carbons (Fsp3) is 0.444. The Labute approximate surface area is 153 Å². The van der Waals surface area contributed by atoms with Gasteiger partial charge in [0.1, 0.15) is 0 Å². The second kappa shape index (κ2) is 7.49. The summed E-state index contributed by atoms with van der Waals surface area (Å²) in [6.07, 6.45) is 3.13. The molecule has 26 heavy (non-hydrogen) atoms. The van der Waals surface area contributed by atoms with Crippen LogP contribution in [0, 0.1) is 6.92 Å². The lowest BCUT2D eigenvalue weighted by atomic mass is 10.1. The normalized spacial score (nSPS) is 21.9. The zero-order valence-electron chi connectivity index (χ0n) is 15.0. The minimum atomic E-state index is -3.12. The van der Waals surface area contributed by atoms with E-state index >= 15 is 0 Å². The summed E-state index contributed by atoms with van der Waals surface area (Å²) >= 11 is 0. The van der Waals surface area contributed by atoms with Crippen molar-refractivity contribution in [1.29, 1.82) is 0 Å². The zero-order chi connectivity index (χ0) is 18.7. The molecule has 1 fully saturated rings. The van der Waals surface area contributed by atoms with Crippen molar-refractivity contribution in [1.82, 2.24) is 20.4 Å². The molecule has 3 rings (SSSR count). The Bertz CT molecular complexity index is 891. The standard InChI is InChI=1S/C18H24N4O3S/c1-13-9-10-22(21-13)17-6-4-3-5-15(17)11-19-18(23)20-16-8-7-14(2)26(24,25)12-16/h3-6,9-10,14,16H,7-8,11-12H2,1-2H3,(H2,19,20,23). The summed E-state index contributed by atoms with van der Waals surface area (Å²) in [6, 6.07) is 8.93. The molecular formula is C18H24N4O3S. The zero-order valence-corrected chi connectivity index (χ0v) is 15.8. The second-order valence-electron chi connectivity index (χ2n) is 6.77. The van der Waals surface area contributed by atoms with Gasteiger partial charge in [-0.05, 0) is 44.4 Å². The van der Waals surface area contributed by atoms with Crippen molar-refractivity contribution >= 4 is 15.9 Å². The van der Waals surface area contributed by atoms with Crippen LogP contribution in [0.1, 0.15) is 31.0 Å². The minimum Gasteiger partial charge on any atom is -0.334 e. The Kier molecular flexibility index (Phi) is 5.31. The van der Waals surface area contributed by atoms with Crippen molar-refractivity contribution in [3.05, 3.63) is 47.8 Å². The molecule has 1 aliphatic rings. The first-order chi connectivity index (χ1) is 12.3. The van der Waals surface area contributed by atoms with Gasteiger partial charge in [0.15, 0.2) is 9.84 Å². The molecule has 2 heterocycles. The number of aryl methyl sites for hydroxylation is 1. The number of rotatable bonds is 4.